The van der Waals surface area contributed by atoms with Crippen LogP contribution in [0, 0.1) is 0 Å². The van der Waals surface area contributed by atoms with Crippen molar-refractivity contribution < 1.29 is 19.1 Å². The highest BCUT2D eigenvalue weighted by Crippen LogP contribution is 2.43. The highest BCUT2D eigenvalue weighted by molar-refractivity contribution is 8.00. The molecule has 2 amide bonds. The molecule has 1 saturated carbocycles. The molecule has 0 spiro atoms. The molecule has 1 aromatic rings. The summed E-state index contributed by atoms with van der Waals surface area (Å²) in [6, 6.07) is 3.69. The van der Waals surface area contributed by atoms with Crippen molar-refractivity contribution in [3.63, 3.8) is 0 Å². The third kappa shape index (κ3) is 4.38. The lowest BCUT2D eigenvalue weighted by Crippen LogP contribution is -2.59. The van der Waals surface area contributed by atoms with Gasteiger partial charge in [-0.2, -0.15) is 11.8 Å². The minimum atomic E-state index is -0.552. The van der Waals surface area contributed by atoms with E-state index >= 15 is 0 Å². The molecule has 4 rings (SSSR count). The number of carbonyl (C=O) groups is 2. The van der Waals surface area contributed by atoms with Gasteiger partial charge in [0.15, 0.2) is 0 Å². The van der Waals surface area contributed by atoms with E-state index in [1.54, 1.807) is 17.8 Å². The fourth-order valence-corrected chi connectivity index (χ4v) is 4.60. The number of ether oxygens (including phenoxy) is 2. The van der Waals surface area contributed by atoms with E-state index < -0.39 is 11.4 Å². The molecule has 1 atom stereocenters. The molecule has 2 aliphatic heterocycles. The predicted octanol–water partition coefficient (Wildman–Crippen LogP) is 1.61. The maximum absolute atomic E-state index is 12.7. The molecular weight excluding hydrogens is 366 g/mol. The lowest BCUT2D eigenvalue weighted by atomic mass is 9.98. The van der Waals surface area contributed by atoms with Crippen LogP contribution in [-0.4, -0.2) is 53.2 Å². The Labute approximate surface area is 162 Å². The lowest BCUT2D eigenvalue weighted by Gasteiger charge is -2.40. The fourth-order valence-electron chi connectivity index (χ4n) is 3.55. The van der Waals surface area contributed by atoms with Gasteiger partial charge in [-0.1, -0.05) is 6.07 Å². The maximum atomic E-state index is 12.7. The summed E-state index contributed by atoms with van der Waals surface area (Å²) >= 11 is 1.68. The van der Waals surface area contributed by atoms with Gasteiger partial charge in [-0.05, 0) is 37.7 Å². The van der Waals surface area contributed by atoms with E-state index in [9.17, 15) is 9.59 Å². The van der Waals surface area contributed by atoms with Crippen LogP contribution < -0.4 is 15.8 Å². The molecule has 1 aliphatic carbocycles. The summed E-state index contributed by atoms with van der Waals surface area (Å²) in [4.78, 5) is 28.6. The Kier molecular flexibility index (Phi) is 5.27. The molecule has 146 valence electrons. The van der Waals surface area contributed by atoms with Gasteiger partial charge in [0.2, 0.25) is 11.8 Å². The standard InChI is InChI=1S/C19H25N3O4S/c20-16(23)8-19(10-27-11-19)22-17(24)15-6-5-14(12-3-4-12)18(21-15)26-9-13-2-1-7-25-13/h5-6,12-13H,1-4,7-11H2,(H2,20,23)(H,22,24). The Morgan fingerprint density at radius 1 is 1.33 bits per heavy atom. The first-order chi connectivity index (χ1) is 13.0. The fraction of sp³-hybridized carbons (Fsp3) is 0.632. The molecule has 7 nitrogen and oxygen atoms in total. The summed E-state index contributed by atoms with van der Waals surface area (Å²) in [6.07, 6.45) is 4.55. The molecule has 8 heteroatoms. The molecule has 2 saturated heterocycles. The normalized spacial score (nSPS) is 23.5. The topological polar surface area (TPSA) is 104 Å². The Balaban J connectivity index is 1.47. The maximum Gasteiger partial charge on any atom is 0.270 e. The molecule has 0 aromatic carbocycles. The van der Waals surface area contributed by atoms with Crippen LogP contribution in [0.5, 0.6) is 5.88 Å². The number of aromatic nitrogens is 1. The number of nitrogens with one attached hydrogen (secondary N) is 1. The molecule has 3 fully saturated rings. The number of nitrogens with two attached hydrogens (primary N) is 1. The summed E-state index contributed by atoms with van der Waals surface area (Å²) in [5, 5.41) is 2.96. The second-order valence-electron chi connectivity index (χ2n) is 7.68. The van der Waals surface area contributed by atoms with Gasteiger partial charge in [-0.15, -0.1) is 0 Å². The van der Waals surface area contributed by atoms with Crippen molar-refractivity contribution in [1.29, 1.82) is 0 Å². The molecule has 1 aromatic heterocycles. The van der Waals surface area contributed by atoms with Gasteiger partial charge in [-0.25, -0.2) is 4.98 Å². The number of rotatable bonds is 8. The van der Waals surface area contributed by atoms with E-state index in [4.69, 9.17) is 15.2 Å². The molecule has 3 heterocycles. The first-order valence-corrected chi connectivity index (χ1v) is 10.6. The summed E-state index contributed by atoms with van der Waals surface area (Å²) in [5.41, 5.74) is 6.16. The number of primary amides is 1. The van der Waals surface area contributed by atoms with Gasteiger partial charge >= 0.3 is 0 Å². The predicted molar refractivity (Wildman–Crippen MR) is 102 cm³/mol. The van der Waals surface area contributed by atoms with Crippen LogP contribution in [0.2, 0.25) is 0 Å². The van der Waals surface area contributed by atoms with Gasteiger partial charge in [0.25, 0.3) is 5.91 Å². The van der Waals surface area contributed by atoms with Crippen molar-refractivity contribution in [2.24, 2.45) is 5.73 Å². The van der Waals surface area contributed by atoms with Crippen LogP contribution in [0.1, 0.15) is 54.1 Å². The molecule has 0 bridgehead atoms. The van der Waals surface area contributed by atoms with Crippen LogP contribution in [0.3, 0.4) is 0 Å². The summed E-state index contributed by atoms with van der Waals surface area (Å²) < 4.78 is 11.6. The quantitative estimate of drug-likeness (QED) is 0.698. The van der Waals surface area contributed by atoms with Gasteiger partial charge in [0.1, 0.15) is 12.3 Å². The van der Waals surface area contributed by atoms with E-state index in [1.165, 1.54) is 0 Å². The Morgan fingerprint density at radius 3 is 2.74 bits per heavy atom. The number of hydrogen-bond donors (Lipinski definition) is 2. The van der Waals surface area contributed by atoms with Gasteiger partial charge in [-0.3, -0.25) is 9.59 Å². The zero-order valence-electron chi connectivity index (χ0n) is 15.2. The molecule has 3 N–H and O–H groups in total. The minimum absolute atomic E-state index is 0.0992. The third-order valence-electron chi connectivity index (χ3n) is 5.22. The average Bonchev–Trinajstić information content (AvgIpc) is 3.32. The number of thioether (sulfide) groups is 1. The van der Waals surface area contributed by atoms with Crippen LogP contribution in [0.4, 0.5) is 0 Å². The average molecular weight is 391 g/mol. The van der Waals surface area contributed by atoms with Crippen molar-refractivity contribution in [2.75, 3.05) is 24.7 Å². The van der Waals surface area contributed by atoms with E-state index in [0.29, 0.717) is 35.6 Å². The third-order valence-corrected chi connectivity index (χ3v) is 6.73. The highest BCUT2D eigenvalue weighted by atomic mass is 32.2. The summed E-state index contributed by atoms with van der Waals surface area (Å²) in [5.74, 6) is 1.68. The van der Waals surface area contributed by atoms with Crippen LogP contribution in [-0.2, 0) is 9.53 Å². The smallest absolute Gasteiger partial charge is 0.270 e. The largest absolute Gasteiger partial charge is 0.475 e. The number of pyridine rings is 1. The minimum Gasteiger partial charge on any atom is -0.475 e. The summed E-state index contributed by atoms with van der Waals surface area (Å²) in [7, 11) is 0. The first kappa shape index (κ1) is 18.6. The number of amides is 2. The first-order valence-electron chi connectivity index (χ1n) is 9.49. The van der Waals surface area contributed by atoms with E-state index in [0.717, 1.165) is 37.9 Å². The second-order valence-corrected chi connectivity index (χ2v) is 8.67. The zero-order valence-corrected chi connectivity index (χ0v) is 16.1. The van der Waals surface area contributed by atoms with Crippen molar-refractivity contribution in [3.8, 4) is 5.88 Å². The van der Waals surface area contributed by atoms with Crippen molar-refractivity contribution in [1.82, 2.24) is 10.3 Å². The second kappa shape index (κ2) is 7.67. The lowest BCUT2D eigenvalue weighted by molar-refractivity contribution is -0.119. The Hall–Kier alpha value is -1.80. The number of nitrogens with zero attached hydrogens (tertiary/aromatic N) is 1. The van der Waals surface area contributed by atoms with Gasteiger partial charge < -0.3 is 20.5 Å². The molecule has 0 radical (unpaired) electrons. The van der Waals surface area contributed by atoms with Gasteiger partial charge in [0.05, 0.1) is 18.1 Å². The van der Waals surface area contributed by atoms with Crippen LogP contribution in [0.25, 0.3) is 0 Å². The van der Waals surface area contributed by atoms with E-state index in [-0.39, 0.29) is 18.4 Å². The van der Waals surface area contributed by atoms with Crippen molar-refractivity contribution in [2.45, 2.75) is 49.7 Å². The van der Waals surface area contributed by atoms with Crippen molar-refractivity contribution in [3.05, 3.63) is 23.4 Å². The van der Waals surface area contributed by atoms with Crippen LogP contribution >= 0.6 is 11.8 Å². The zero-order chi connectivity index (χ0) is 18.9. The molecular formula is C19H25N3O4S. The Bertz CT molecular complexity index is 728. The number of hydrogen-bond acceptors (Lipinski definition) is 6. The monoisotopic (exact) mass is 391 g/mol. The van der Waals surface area contributed by atoms with Crippen molar-refractivity contribution >= 4 is 23.6 Å². The highest BCUT2D eigenvalue weighted by Gasteiger charge is 2.41. The molecule has 27 heavy (non-hydrogen) atoms. The molecule has 1 unspecified atom stereocenters. The summed E-state index contributed by atoms with van der Waals surface area (Å²) in [6.45, 7) is 1.24. The van der Waals surface area contributed by atoms with E-state index in [1.807, 2.05) is 6.07 Å². The molecule has 3 aliphatic rings. The SMILES string of the molecule is NC(=O)CC1(NC(=O)c2ccc(C3CC3)c(OCC3CCCO3)n2)CSC1. The van der Waals surface area contributed by atoms with E-state index in [2.05, 4.69) is 10.3 Å². The Morgan fingerprint density at radius 2 is 2.15 bits per heavy atom. The number of carbonyl (C=O) groups excluding carboxylic acids is 2. The van der Waals surface area contributed by atoms with Crippen LogP contribution in [0.15, 0.2) is 12.1 Å². The van der Waals surface area contributed by atoms with Gasteiger partial charge in [0, 0.05) is 23.7 Å².